The fraction of sp³-hybridized carbons (Fsp3) is 0.579. The number of rotatable bonds is 7. The van der Waals surface area contributed by atoms with Crippen molar-refractivity contribution in [3.8, 4) is 0 Å². The van der Waals surface area contributed by atoms with E-state index >= 15 is 0 Å². The molecule has 24 heavy (non-hydrogen) atoms. The number of benzene rings is 1. The summed E-state index contributed by atoms with van der Waals surface area (Å²) in [4.78, 5) is 24.2. The second-order valence-electron chi connectivity index (χ2n) is 7.03. The molecule has 0 fully saturated rings. The molecule has 0 bridgehead atoms. The van der Waals surface area contributed by atoms with E-state index < -0.39 is 5.60 Å². The summed E-state index contributed by atoms with van der Waals surface area (Å²) in [6.07, 6.45) is 2.32. The summed E-state index contributed by atoms with van der Waals surface area (Å²) < 4.78 is 0. The number of aliphatic hydroxyl groups is 1. The van der Waals surface area contributed by atoms with E-state index in [-0.39, 0.29) is 36.6 Å². The van der Waals surface area contributed by atoms with Crippen LogP contribution < -0.4 is 10.6 Å². The highest BCUT2D eigenvalue weighted by atomic mass is 16.3. The quantitative estimate of drug-likeness (QED) is 0.718. The zero-order chi connectivity index (χ0) is 17.7. The van der Waals surface area contributed by atoms with E-state index in [4.69, 9.17) is 0 Å². The van der Waals surface area contributed by atoms with Crippen LogP contribution in [0.25, 0.3) is 0 Å². The van der Waals surface area contributed by atoms with Crippen LogP contribution in [-0.4, -0.2) is 29.1 Å². The third-order valence-electron chi connectivity index (χ3n) is 5.15. The SMILES string of the molecule is CCC(C)C(C)(O)CNC(=O)CCC1Cc2ccccc2NC1=O. The summed E-state index contributed by atoms with van der Waals surface area (Å²) in [6.45, 7) is 5.96. The molecule has 3 unspecified atom stereocenters. The van der Waals surface area contributed by atoms with Crippen LogP contribution in [0.5, 0.6) is 0 Å². The standard InChI is InChI=1S/C19H28N2O3/c1-4-13(2)19(3,24)12-20-17(22)10-9-15-11-14-7-5-6-8-16(14)21-18(15)23/h5-8,13,15,24H,4,9-12H2,1-3H3,(H,20,22)(H,21,23). The number of carbonyl (C=O) groups excluding carboxylic acids is 2. The second-order valence-corrected chi connectivity index (χ2v) is 7.03. The highest BCUT2D eigenvalue weighted by Crippen LogP contribution is 2.27. The van der Waals surface area contributed by atoms with E-state index in [0.29, 0.717) is 12.8 Å². The van der Waals surface area contributed by atoms with Gasteiger partial charge in [0.15, 0.2) is 0 Å². The van der Waals surface area contributed by atoms with Crippen molar-refractivity contribution >= 4 is 17.5 Å². The summed E-state index contributed by atoms with van der Waals surface area (Å²) in [5.41, 5.74) is 1.07. The highest BCUT2D eigenvalue weighted by Gasteiger charge is 2.29. The van der Waals surface area contributed by atoms with Crippen LogP contribution in [0.3, 0.4) is 0 Å². The van der Waals surface area contributed by atoms with Crippen molar-refractivity contribution in [2.75, 3.05) is 11.9 Å². The van der Waals surface area contributed by atoms with Crippen LogP contribution in [0.2, 0.25) is 0 Å². The maximum Gasteiger partial charge on any atom is 0.227 e. The molecule has 1 aromatic carbocycles. The highest BCUT2D eigenvalue weighted by molar-refractivity contribution is 5.96. The molecule has 5 heteroatoms. The molecule has 132 valence electrons. The maximum atomic E-state index is 12.1. The van der Waals surface area contributed by atoms with Crippen LogP contribution in [-0.2, 0) is 16.0 Å². The van der Waals surface area contributed by atoms with E-state index in [2.05, 4.69) is 10.6 Å². The summed E-state index contributed by atoms with van der Waals surface area (Å²) >= 11 is 0. The summed E-state index contributed by atoms with van der Waals surface area (Å²) in [7, 11) is 0. The Morgan fingerprint density at radius 1 is 1.46 bits per heavy atom. The van der Waals surface area contributed by atoms with Gasteiger partial charge in [0.1, 0.15) is 0 Å². The molecule has 0 saturated carbocycles. The molecule has 2 rings (SSSR count). The zero-order valence-corrected chi connectivity index (χ0v) is 14.8. The molecular weight excluding hydrogens is 304 g/mol. The predicted octanol–water partition coefficient (Wildman–Crippen LogP) is 2.49. The number of amides is 2. The van der Waals surface area contributed by atoms with Crippen LogP contribution in [0, 0.1) is 11.8 Å². The van der Waals surface area contributed by atoms with Crippen LogP contribution >= 0.6 is 0 Å². The maximum absolute atomic E-state index is 12.1. The molecule has 1 aliphatic rings. The molecule has 2 amide bonds. The van der Waals surface area contributed by atoms with Gasteiger partial charge in [-0.3, -0.25) is 9.59 Å². The van der Waals surface area contributed by atoms with E-state index in [1.165, 1.54) is 0 Å². The molecule has 0 radical (unpaired) electrons. The molecule has 1 heterocycles. The number of anilines is 1. The van der Waals surface area contributed by atoms with Crippen molar-refractivity contribution in [2.45, 2.75) is 52.1 Å². The number of hydrogen-bond acceptors (Lipinski definition) is 3. The van der Waals surface area contributed by atoms with Crippen molar-refractivity contribution in [1.82, 2.24) is 5.32 Å². The first-order valence-corrected chi connectivity index (χ1v) is 8.71. The minimum Gasteiger partial charge on any atom is -0.388 e. The summed E-state index contributed by atoms with van der Waals surface area (Å²) in [6, 6.07) is 7.76. The van der Waals surface area contributed by atoms with Crippen molar-refractivity contribution in [2.24, 2.45) is 11.8 Å². The Kier molecular flexibility index (Phi) is 5.99. The van der Waals surface area contributed by atoms with E-state index in [9.17, 15) is 14.7 Å². The minimum atomic E-state index is -0.911. The van der Waals surface area contributed by atoms with Crippen molar-refractivity contribution < 1.29 is 14.7 Å². The lowest BCUT2D eigenvalue weighted by molar-refractivity contribution is -0.124. The molecular formula is C19H28N2O3. The topological polar surface area (TPSA) is 78.4 Å². The molecule has 0 aromatic heterocycles. The van der Waals surface area contributed by atoms with Gasteiger partial charge >= 0.3 is 0 Å². The first-order chi connectivity index (χ1) is 11.3. The number of hydrogen-bond donors (Lipinski definition) is 3. The van der Waals surface area contributed by atoms with Crippen molar-refractivity contribution in [3.05, 3.63) is 29.8 Å². The third kappa shape index (κ3) is 4.57. The predicted molar refractivity (Wildman–Crippen MR) is 94.6 cm³/mol. The third-order valence-corrected chi connectivity index (χ3v) is 5.15. The Labute approximate surface area is 143 Å². The van der Waals surface area contributed by atoms with Gasteiger partial charge in [-0.25, -0.2) is 0 Å². The second kappa shape index (κ2) is 7.79. The molecule has 3 atom stereocenters. The smallest absolute Gasteiger partial charge is 0.227 e. The number of para-hydroxylation sites is 1. The first kappa shape index (κ1) is 18.5. The average molecular weight is 332 g/mol. The lowest BCUT2D eigenvalue weighted by Crippen LogP contribution is -2.45. The molecule has 0 spiro atoms. The van der Waals surface area contributed by atoms with Crippen LogP contribution in [0.1, 0.15) is 45.6 Å². The summed E-state index contributed by atoms with van der Waals surface area (Å²) in [5.74, 6) is -0.211. The number of fused-ring (bicyclic) bond motifs is 1. The molecule has 0 saturated heterocycles. The Bertz CT molecular complexity index is 598. The van der Waals surface area contributed by atoms with Gasteiger partial charge in [-0.1, -0.05) is 38.5 Å². The van der Waals surface area contributed by atoms with E-state index in [1.807, 2.05) is 38.1 Å². The minimum absolute atomic E-state index is 0.0203. The van der Waals surface area contributed by atoms with Gasteiger partial charge in [-0.2, -0.15) is 0 Å². The zero-order valence-electron chi connectivity index (χ0n) is 14.8. The number of carbonyl (C=O) groups is 2. The monoisotopic (exact) mass is 332 g/mol. The normalized spacial score (nSPS) is 20.5. The Morgan fingerprint density at radius 2 is 2.17 bits per heavy atom. The first-order valence-electron chi connectivity index (χ1n) is 8.71. The average Bonchev–Trinajstić information content (AvgIpc) is 2.57. The molecule has 1 aliphatic heterocycles. The number of nitrogens with one attached hydrogen (secondary N) is 2. The van der Waals surface area contributed by atoms with Crippen molar-refractivity contribution in [1.29, 1.82) is 0 Å². The van der Waals surface area contributed by atoms with Gasteiger partial charge in [0, 0.05) is 24.6 Å². The van der Waals surface area contributed by atoms with E-state index in [1.54, 1.807) is 6.92 Å². The van der Waals surface area contributed by atoms with Crippen LogP contribution in [0.4, 0.5) is 5.69 Å². The fourth-order valence-corrected chi connectivity index (χ4v) is 2.93. The van der Waals surface area contributed by atoms with Gasteiger partial charge in [0.05, 0.1) is 5.60 Å². The van der Waals surface area contributed by atoms with Gasteiger partial charge in [-0.05, 0) is 37.3 Å². The fourth-order valence-electron chi connectivity index (χ4n) is 2.93. The van der Waals surface area contributed by atoms with Crippen molar-refractivity contribution in [3.63, 3.8) is 0 Å². The lowest BCUT2D eigenvalue weighted by Gasteiger charge is -2.30. The molecule has 3 N–H and O–H groups in total. The van der Waals surface area contributed by atoms with Gasteiger partial charge in [-0.15, -0.1) is 0 Å². The Balaban J connectivity index is 1.81. The largest absolute Gasteiger partial charge is 0.388 e. The van der Waals surface area contributed by atoms with E-state index in [0.717, 1.165) is 17.7 Å². The molecule has 0 aliphatic carbocycles. The van der Waals surface area contributed by atoms with Gasteiger partial charge in [0.25, 0.3) is 0 Å². The molecule has 1 aromatic rings. The Hall–Kier alpha value is -1.88. The lowest BCUT2D eigenvalue weighted by atomic mass is 9.88. The van der Waals surface area contributed by atoms with Gasteiger partial charge < -0.3 is 15.7 Å². The van der Waals surface area contributed by atoms with Gasteiger partial charge in [0.2, 0.25) is 11.8 Å². The summed E-state index contributed by atoms with van der Waals surface area (Å²) in [5, 5.41) is 16.0. The van der Waals surface area contributed by atoms with Crippen LogP contribution in [0.15, 0.2) is 24.3 Å². The Morgan fingerprint density at radius 3 is 2.88 bits per heavy atom. The molecule has 5 nitrogen and oxygen atoms in total.